The van der Waals surface area contributed by atoms with Crippen molar-refractivity contribution in [2.24, 2.45) is 4.99 Å². The monoisotopic (exact) mass is 457 g/mol. The molecule has 0 bridgehead atoms. The SMILES string of the molecule is CCOc1cccc(CNC(=NC)NCCc2ccc(F)cc2)c1.I. The zero-order valence-corrected chi connectivity index (χ0v) is 16.9. The van der Waals surface area contributed by atoms with Crippen LogP contribution < -0.4 is 15.4 Å². The second-order valence-corrected chi connectivity index (χ2v) is 5.31. The van der Waals surface area contributed by atoms with Crippen LogP contribution in [0.5, 0.6) is 5.75 Å². The van der Waals surface area contributed by atoms with Gasteiger partial charge < -0.3 is 15.4 Å². The van der Waals surface area contributed by atoms with E-state index in [9.17, 15) is 4.39 Å². The molecule has 0 aliphatic carbocycles. The van der Waals surface area contributed by atoms with Gasteiger partial charge in [-0.05, 0) is 48.7 Å². The summed E-state index contributed by atoms with van der Waals surface area (Å²) in [6, 6.07) is 14.5. The molecule has 2 aromatic rings. The molecular formula is C19H25FIN3O. The molecule has 25 heavy (non-hydrogen) atoms. The summed E-state index contributed by atoms with van der Waals surface area (Å²) in [4.78, 5) is 4.21. The molecule has 0 fully saturated rings. The van der Waals surface area contributed by atoms with Crippen LogP contribution in [0.1, 0.15) is 18.1 Å². The summed E-state index contributed by atoms with van der Waals surface area (Å²) in [5.41, 5.74) is 2.21. The predicted octanol–water partition coefficient (Wildman–Crippen LogP) is 3.75. The summed E-state index contributed by atoms with van der Waals surface area (Å²) in [5.74, 6) is 1.40. The van der Waals surface area contributed by atoms with Crippen LogP contribution in [0.3, 0.4) is 0 Å². The Labute approximate surface area is 165 Å². The highest BCUT2D eigenvalue weighted by Crippen LogP contribution is 2.12. The lowest BCUT2D eigenvalue weighted by Gasteiger charge is -2.12. The minimum atomic E-state index is -0.210. The van der Waals surface area contributed by atoms with Crippen molar-refractivity contribution >= 4 is 29.9 Å². The number of guanidine groups is 1. The van der Waals surface area contributed by atoms with Gasteiger partial charge in [0.1, 0.15) is 11.6 Å². The zero-order valence-electron chi connectivity index (χ0n) is 14.6. The number of ether oxygens (including phenoxy) is 1. The van der Waals surface area contributed by atoms with Crippen molar-refractivity contribution in [1.82, 2.24) is 10.6 Å². The van der Waals surface area contributed by atoms with Gasteiger partial charge in [0.05, 0.1) is 6.61 Å². The summed E-state index contributed by atoms with van der Waals surface area (Å²) in [6.07, 6.45) is 0.806. The largest absolute Gasteiger partial charge is 0.494 e. The Kier molecular flexibility index (Phi) is 9.91. The van der Waals surface area contributed by atoms with Gasteiger partial charge in [-0.2, -0.15) is 0 Å². The van der Waals surface area contributed by atoms with E-state index in [1.165, 1.54) is 12.1 Å². The van der Waals surface area contributed by atoms with E-state index in [-0.39, 0.29) is 29.8 Å². The van der Waals surface area contributed by atoms with Gasteiger partial charge in [-0.3, -0.25) is 4.99 Å². The van der Waals surface area contributed by atoms with E-state index in [1.807, 2.05) is 31.2 Å². The molecule has 136 valence electrons. The fourth-order valence-electron chi connectivity index (χ4n) is 2.29. The minimum Gasteiger partial charge on any atom is -0.494 e. The number of nitrogens with zero attached hydrogens (tertiary/aromatic N) is 1. The van der Waals surface area contributed by atoms with Crippen LogP contribution in [0.15, 0.2) is 53.5 Å². The molecule has 0 radical (unpaired) electrons. The van der Waals surface area contributed by atoms with Crippen molar-refractivity contribution in [2.45, 2.75) is 19.9 Å². The fourth-order valence-corrected chi connectivity index (χ4v) is 2.29. The molecule has 0 atom stereocenters. The third kappa shape index (κ3) is 7.72. The molecule has 0 unspecified atom stereocenters. The minimum absolute atomic E-state index is 0. The van der Waals surface area contributed by atoms with Crippen LogP contribution in [-0.4, -0.2) is 26.2 Å². The van der Waals surface area contributed by atoms with E-state index < -0.39 is 0 Å². The smallest absolute Gasteiger partial charge is 0.191 e. The molecule has 0 heterocycles. The highest BCUT2D eigenvalue weighted by Gasteiger charge is 2.01. The maximum Gasteiger partial charge on any atom is 0.191 e. The first-order valence-corrected chi connectivity index (χ1v) is 8.12. The lowest BCUT2D eigenvalue weighted by Crippen LogP contribution is -2.37. The molecule has 0 saturated carbocycles. The van der Waals surface area contributed by atoms with Gasteiger partial charge in [-0.25, -0.2) is 4.39 Å². The van der Waals surface area contributed by atoms with E-state index >= 15 is 0 Å². The summed E-state index contributed by atoms with van der Waals surface area (Å²) >= 11 is 0. The molecule has 0 aliphatic heterocycles. The highest BCUT2D eigenvalue weighted by molar-refractivity contribution is 14.0. The van der Waals surface area contributed by atoms with E-state index in [1.54, 1.807) is 19.2 Å². The number of benzene rings is 2. The second kappa shape index (κ2) is 11.7. The van der Waals surface area contributed by atoms with Gasteiger partial charge in [0.15, 0.2) is 5.96 Å². The van der Waals surface area contributed by atoms with Crippen LogP contribution in [0.25, 0.3) is 0 Å². The number of hydrogen-bond donors (Lipinski definition) is 2. The highest BCUT2D eigenvalue weighted by atomic mass is 127. The van der Waals surface area contributed by atoms with Crippen molar-refractivity contribution in [3.05, 3.63) is 65.5 Å². The van der Waals surface area contributed by atoms with E-state index in [2.05, 4.69) is 15.6 Å². The first kappa shape index (κ1) is 21.2. The van der Waals surface area contributed by atoms with Gasteiger partial charge in [-0.1, -0.05) is 24.3 Å². The normalized spacial score (nSPS) is 10.8. The van der Waals surface area contributed by atoms with Crippen molar-refractivity contribution in [3.63, 3.8) is 0 Å². The lowest BCUT2D eigenvalue weighted by molar-refractivity contribution is 0.340. The summed E-state index contributed by atoms with van der Waals surface area (Å²) in [7, 11) is 1.74. The molecule has 0 aromatic heterocycles. The number of rotatable bonds is 7. The van der Waals surface area contributed by atoms with E-state index in [0.717, 1.165) is 35.8 Å². The first-order chi connectivity index (χ1) is 11.7. The molecule has 6 heteroatoms. The molecular weight excluding hydrogens is 432 g/mol. The molecule has 2 aromatic carbocycles. The summed E-state index contributed by atoms with van der Waals surface area (Å²) in [6.45, 7) is 4.02. The number of aliphatic imine (C=N–C) groups is 1. The quantitative estimate of drug-likeness (QED) is 0.378. The maximum absolute atomic E-state index is 12.9. The maximum atomic E-state index is 12.9. The lowest BCUT2D eigenvalue weighted by atomic mass is 10.1. The Hall–Kier alpha value is -1.83. The number of hydrogen-bond acceptors (Lipinski definition) is 2. The van der Waals surface area contributed by atoms with Gasteiger partial charge in [0, 0.05) is 20.1 Å². The van der Waals surface area contributed by atoms with Crippen LogP contribution in [0, 0.1) is 5.82 Å². The fraction of sp³-hybridized carbons (Fsp3) is 0.316. The van der Waals surface area contributed by atoms with Crippen molar-refractivity contribution < 1.29 is 9.13 Å². The van der Waals surface area contributed by atoms with Crippen LogP contribution in [-0.2, 0) is 13.0 Å². The zero-order chi connectivity index (χ0) is 17.2. The Bertz CT molecular complexity index is 662. The van der Waals surface area contributed by atoms with Gasteiger partial charge >= 0.3 is 0 Å². The summed E-state index contributed by atoms with van der Waals surface area (Å²) < 4.78 is 18.4. The van der Waals surface area contributed by atoms with Crippen molar-refractivity contribution in [2.75, 3.05) is 20.2 Å². The molecule has 0 aliphatic rings. The van der Waals surface area contributed by atoms with Crippen LogP contribution >= 0.6 is 24.0 Å². The Morgan fingerprint density at radius 1 is 1.08 bits per heavy atom. The molecule has 0 amide bonds. The molecule has 0 spiro atoms. The molecule has 4 nitrogen and oxygen atoms in total. The van der Waals surface area contributed by atoms with Crippen LogP contribution in [0.4, 0.5) is 4.39 Å². The third-order valence-electron chi connectivity index (χ3n) is 3.51. The number of nitrogens with one attached hydrogen (secondary N) is 2. The predicted molar refractivity (Wildman–Crippen MR) is 111 cm³/mol. The van der Waals surface area contributed by atoms with E-state index in [4.69, 9.17) is 4.74 Å². The van der Waals surface area contributed by atoms with E-state index in [0.29, 0.717) is 13.2 Å². The molecule has 0 saturated heterocycles. The van der Waals surface area contributed by atoms with Crippen molar-refractivity contribution in [1.29, 1.82) is 0 Å². The second-order valence-electron chi connectivity index (χ2n) is 5.31. The standard InChI is InChI=1S/C19H24FN3O.HI/c1-3-24-18-6-4-5-16(13-18)14-23-19(21-2)22-12-11-15-7-9-17(20)10-8-15;/h4-10,13H,3,11-12,14H2,1-2H3,(H2,21,22,23);1H. The van der Waals surface area contributed by atoms with Crippen molar-refractivity contribution in [3.8, 4) is 5.75 Å². The third-order valence-corrected chi connectivity index (χ3v) is 3.51. The topological polar surface area (TPSA) is 45.6 Å². The van der Waals surface area contributed by atoms with Crippen LogP contribution in [0.2, 0.25) is 0 Å². The molecule has 2 N–H and O–H groups in total. The molecule has 2 rings (SSSR count). The Morgan fingerprint density at radius 2 is 1.84 bits per heavy atom. The summed E-state index contributed by atoms with van der Waals surface area (Å²) in [5, 5.41) is 6.53. The van der Waals surface area contributed by atoms with Gasteiger partial charge in [-0.15, -0.1) is 24.0 Å². The van der Waals surface area contributed by atoms with Gasteiger partial charge in [0.25, 0.3) is 0 Å². The average molecular weight is 457 g/mol. The van der Waals surface area contributed by atoms with Gasteiger partial charge in [0.2, 0.25) is 0 Å². The average Bonchev–Trinajstić information content (AvgIpc) is 2.60. The number of halogens is 2. The Balaban J connectivity index is 0.00000312. The Morgan fingerprint density at radius 3 is 2.52 bits per heavy atom. The first-order valence-electron chi connectivity index (χ1n) is 8.12.